The maximum atomic E-state index is 13.3. The lowest BCUT2D eigenvalue weighted by Crippen LogP contribution is -2.26. The molecule has 202 valence electrons. The number of nitrogens with one attached hydrogen (secondary N) is 2. The first-order chi connectivity index (χ1) is 19.0. The van der Waals surface area contributed by atoms with Crippen molar-refractivity contribution in [2.75, 3.05) is 25.0 Å². The topological polar surface area (TPSA) is 73.8 Å². The van der Waals surface area contributed by atoms with Gasteiger partial charge in [-0.05, 0) is 85.3 Å². The zero-order chi connectivity index (χ0) is 27.2. The van der Waals surface area contributed by atoms with Gasteiger partial charge < -0.3 is 10.6 Å². The lowest BCUT2D eigenvalue weighted by molar-refractivity contribution is -0.115. The number of carbonyl (C=O) groups is 2. The predicted molar refractivity (Wildman–Crippen MR) is 158 cm³/mol. The van der Waals surface area contributed by atoms with E-state index in [0.29, 0.717) is 23.7 Å². The molecule has 1 saturated heterocycles. The molecule has 0 saturated carbocycles. The van der Waals surface area contributed by atoms with Crippen molar-refractivity contribution < 1.29 is 9.59 Å². The maximum absolute atomic E-state index is 13.3. The van der Waals surface area contributed by atoms with Crippen molar-refractivity contribution in [2.24, 2.45) is 10.9 Å². The number of benzene rings is 3. The van der Waals surface area contributed by atoms with Crippen molar-refractivity contribution >= 4 is 28.9 Å². The van der Waals surface area contributed by atoms with Crippen molar-refractivity contribution in [2.45, 2.75) is 52.0 Å². The third-order valence-corrected chi connectivity index (χ3v) is 7.90. The van der Waals surface area contributed by atoms with Crippen LogP contribution in [0.3, 0.4) is 0 Å². The van der Waals surface area contributed by atoms with Gasteiger partial charge in [-0.2, -0.15) is 0 Å². The van der Waals surface area contributed by atoms with Crippen LogP contribution in [0.4, 0.5) is 11.4 Å². The van der Waals surface area contributed by atoms with Crippen molar-refractivity contribution in [1.82, 2.24) is 10.2 Å². The van der Waals surface area contributed by atoms with E-state index >= 15 is 0 Å². The number of anilines is 1. The molecule has 0 bridgehead atoms. The number of hydrogen-bond acceptors (Lipinski definition) is 4. The van der Waals surface area contributed by atoms with Crippen LogP contribution < -0.4 is 10.6 Å². The van der Waals surface area contributed by atoms with Gasteiger partial charge in [0.1, 0.15) is 5.92 Å². The van der Waals surface area contributed by atoms with Gasteiger partial charge in [-0.25, -0.2) is 0 Å². The summed E-state index contributed by atoms with van der Waals surface area (Å²) in [6.07, 6.45) is 4.58. The van der Waals surface area contributed by atoms with Gasteiger partial charge in [0, 0.05) is 24.3 Å². The SMILES string of the molecule is CCC(C)CCNC(=O)c1ccc2c(c1)C(C(=Nc1ccc(CN3CCCC3)cc1)c1ccccc1)C(=O)N2. The van der Waals surface area contributed by atoms with Crippen LogP contribution in [0.2, 0.25) is 0 Å². The van der Waals surface area contributed by atoms with Gasteiger partial charge in [-0.1, -0.05) is 62.7 Å². The summed E-state index contributed by atoms with van der Waals surface area (Å²) in [6.45, 7) is 8.26. The number of nitrogens with zero attached hydrogens (tertiary/aromatic N) is 2. The standard InChI is InChI=1S/C33H38N4O2/c1-3-23(2)17-18-34-32(38)26-13-16-29-28(21-26)30(33(39)36-29)31(25-9-5-4-6-10-25)35-27-14-11-24(12-15-27)22-37-19-7-8-20-37/h4-6,9-16,21,23,30H,3,7-8,17-20,22H2,1-2H3,(H,34,38)(H,36,39). The molecule has 39 heavy (non-hydrogen) atoms. The molecular formula is C33H38N4O2. The van der Waals surface area contributed by atoms with Crippen LogP contribution in [0.15, 0.2) is 77.8 Å². The Morgan fingerprint density at radius 1 is 1.03 bits per heavy atom. The number of likely N-dealkylation sites (tertiary alicyclic amines) is 1. The molecule has 0 aromatic heterocycles. The van der Waals surface area contributed by atoms with E-state index in [9.17, 15) is 9.59 Å². The van der Waals surface area contributed by atoms with Crippen molar-refractivity contribution in [3.63, 3.8) is 0 Å². The molecule has 0 radical (unpaired) electrons. The molecule has 2 N–H and O–H groups in total. The Kier molecular flexibility index (Phi) is 8.52. The second kappa shape index (κ2) is 12.4. The van der Waals surface area contributed by atoms with Crippen LogP contribution >= 0.6 is 0 Å². The number of rotatable bonds is 10. The summed E-state index contributed by atoms with van der Waals surface area (Å²) in [5.74, 6) is -0.298. The quantitative estimate of drug-likeness (QED) is 0.307. The zero-order valence-corrected chi connectivity index (χ0v) is 23.0. The minimum atomic E-state index is -0.612. The van der Waals surface area contributed by atoms with E-state index in [-0.39, 0.29) is 11.8 Å². The number of aliphatic imine (C=N–C) groups is 1. The van der Waals surface area contributed by atoms with Gasteiger partial charge in [-0.3, -0.25) is 19.5 Å². The second-order valence-electron chi connectivity index (χ2n) is 10.8. The first-order valence-corrected chi connectivity index (χ1v) is 14.2. The highest BCUT2D eigenvalue weighted by atomic mass is 16.2. The number of fused-ring (bicyclic) bond motifs is 1. The smallest absolute Gasteiger partial charge is 0.251 e. The van der Waals surface area contributed by atoms with Gasteiger partial charge in [-0.15, -0.1) is 0 Å². The highest BCUT2D eigenvalue weighted by molar-refractivity contribution is 6.24. The Bertz CT molecular complexity index is 1330. The Balaban J connectivity index is 1.43. The van der Waals surface area contributed by atoms with E-state index in [1.54, 1.807) is 6.07 Å². The van der Waals surface area contributed by atoms with Crippen LogP contribution in [0.5, 0.6) is 0 Å². The summed E-state index contributed by atoms with van der Waals surface area (Å²) in [4.78, 5) is 33.8. The first-order valence-electron chi connectivity index (χ1n) is 14.2. The molecule has 5 rings (SSSR count). The van der Waals surface area contributed by atoms with Gasteiger partial charge in [0.05, 0.1) is 11.4 Å². The number of hydrogen-bond donors (Lipinski definition) is 2. The number of carbonyl (C=O) groups excluding carboxylic acids is 2. The molecular weight excluding hydrogens is 484 g/mol. The molecule has 2 heterocycles. The highest BCUT2D eigenvalue weighted by Crippen LogP contribution is 2.37. The van der Waals surface area contributed by atoms with E-state index in [1.165, 1.54) is 18.4 Å². The molecule has 3 aromatic carbocycles. The third kappa shape index (κ3) is 6.45. The molecule has 6 heteroatoms. The van der Waals surface area contributed by atoms with E-state index in [1.807, 2.05) is 54.6 Å². The van der Waals surface area contributed by atoms with E-state index in [0.717, 1.165) is 55.0 Å². The second-order valence-corrected chi connectivity index (χ2v) is 10.8. The van der Waals surface area contributed by atoms with E-state index < -0.39 is 5.92 Å². The summed E-state index contributed by atoms with van der Waals surface area (Å²) in [7, 11) is 0. The molecule has 0 aliphatic carbocycles. The van der Waals surface area contributed by atoms with Gasteiger partial charge in [0.25, 0.3) is 5.91 Å². The van der Waals surface area contributed by atoms with Crippen LogP contribution in [0, 0.1) is 5.92 Å². The zero-order valence-electron chi connectivity index (χ0n) is 23.0. The maximum Gasteiger partial charge on any atom is 0.251 e. The summed E-state index contributed by atoms with van der Waals surface area (Å²) in [6, 6.07) is 23.6. The Labute approximate surface area is 231 Å². The number of amides is 2. The molecule has 2 amide bonds. The molecule has 6 nitrogen and oxygen atoms in total. The van der Waals surface area contributed by atoms with Crippen LogP contribution in [-0.4, -0.2) is 42.1 Å². The molecule has 2 aliphatic heterocycles. The monoisotopic (exact) mass is 522 g/mol. The molecule has 2 unspecified atom stereocenters. The summed E-state index contributed by atoms with van der Waals surface area (Å²) >= 11 is 0. The fourth-order valence-corrected chi connectivity index (χ4v) is 5.33. The summed E-state index contributed by atoms with van der Waals surface area (Å²) < 4.78 is 0. The lowest BCUT2D eigenvalue weighted by atomic mass is 9.89. The summed E-state index contributed by atoms with van der Waals surface area (Å²) in [5, 5.41) is 6.04. The fourth-order valence-electron chi connectivity index (χ4n) is 5.33. The summed E-state index contributed by atoms with van der Waals surface area (Å²) in [5.41, 5.74) is 5.69. The van der Waals surface area contributed by atoms with Crippen molar-refractivity contribution in [3.8, 4) is 0 Å². The Hall–Kier alpha value is -3.77. The van der Waals surface area contributed by atoms with Gasteiger partial charge in [0.2, 0.25) is 5.91 Å². The van der Waals surface area contributed by atoms with Crippen molar-refractivity contribution in [1.29, 1.82) is 0 Å². The molecule has 3 aromatic rings. The predicted octanol–water partition coefficient (Wildman–Crippen LogP) is 6.31. The minimum absolute atomic E-state index is 0.119. The van der Waals surface area contributed by atoms with Crippen molar-refractivity contribution in [3.05, 3.63) is 95.1 Å². The molecule has 2 aliphatic rings. The van der Waals surface area contributed by atoms with E-state index in [2.05, 4.69) is 41.5 Å². The average Bonchev–Trinajstić information content (AvgIpc) is 3.59. The molecule has 2 atom stereocenters. The Morgan fingerprint density at radius 2 is 1.77 bits per heavy atom. The average molecular weight is 523 g/mol. The first kappa shape index (κ1) is 26.8. The largest absolute Gasteiger partial charge is 0.352 e. The van der Waals surface area contributed by atoms with Crippen LogP contribution in [-0.2, 0) is 11.3 Å². The fraction of sp³-hybridized carbons (Fsp3) is 0.364. The third-order valence-electron chi connectivity index (χ3n) is 7.90. The van der Waals surface area contributed by atoms with Crippen LogP contribution in [0.1, 0.15) is 72.5 Å². The minimum Gasteiger partial charge on any atom is -0.352 e. The van der Waals surface area contributed by atoms with Gasteiger partial charge >= 0.3 is 0 Å². The Morgan fingerprint density at radius 3 is 2.49 bits per heavy atom. The highest BCUT2D eigenvalue weighted by Gasteiger charge is 2.36. The molecule has 1 fully saturated rings. The van der Waals surface area contributed by atoms with Gasteiger partial charge in [0.15, 0.2) is 0 Å². The van der Waals surface area contributed by atoms with E-state index in [4.69, 9.17) is 4.99 Å². The molecule has 0 spiro atoms. The lowest BCUT2D eigenvalue weighted by Gasteiger charge is -2.16. The van der Waals surface area contributed by atoms with Crippen LogP contribution in [0.25, 0.3) is 0 Å². The normalized spacial score (nSPS) is 18.1.